The Hall–Kier alpha value is -1.51. The molecule has 0 saturated heterocycles. The van der Waals surface area contributed by atoms with Crippen molar-refractivity contribution in [1.29, 1.82) is 0 Å². The number of halogens is 1. The van der Waals surface area contributed by atoms with Gasteiger partial charge in [-0.05, 0) is 49.6 Å². The second-order valence-corrected chi connectivity index (χ2v) is 5.87. The third-order valence-electron chi connectivity index (χ3n) is 3.62. The first-order valence-corrected chi connectivity index (χ1v) is 7.64. The number of aryl methyl sites for hydroxylation is 2. The molecule has 3 heteroatoms. The maximum Gasteiger partial charge on any atom is 0.139 e. The normalized spacial score (nSPS) is 13.8. The summed E-state index contributed by atoms with van der Waals surface area (Å²) in [5.41, 5.74) is 9.61. The number of rotatable bonds is 5. The largest absolute Gasteiger partial charge is 0.484 e. The molecule has 0 aliphatic heterocycles. The molecular formula is C18H22ClNO. The van der Waals surface area contributed by atoms with Crippen LogP contribution in [0.25, 0.3) is 0 Å². The summed E-state index contributed by atoms with van der Waals surface area (Å²) in [6, 6.07) is 13.9. The Balaban J connectivity index is 2.33. The molecule has 21 heavy (non-hydrogen) atoms. The molecule has 0 saturated carbocycles. The van der Waals surface area contributed by atoms with Crippen LogP contribution in [0.3, 0.4) is 0 Å². The zero-order valence-corrected chi connectivity index (χ0v) is 13.5. The van der Waals surface area contributed by atoms with E-state index in [4.69, 9.17) is 22.1 Å². The molecule has 2 nitrogen and oxygen atoms in total. The molecule has 0 aliphatic rings. The van der Waals surface area contributed by atoms with Crippen molar-refractivity contribution >= 4 is 11.6 Å². The van der Waals surface area contributed by atoms with Crippen LogP contribution in [0.1, 0.15) is 36.1 Å². The highest BCUT2D eigenvalue weighted by atomic mass is 35.5. The number of hydrogen-bond acceptors (Lipinski definition) is 2. The van der Waals surface area contributed by atoms with Crippen molar-refractivity contribution in [3.05, 3.63) is 64.2 Å². The average Bonchev–Trinajstić information content (AvgIpc) is 2.45. The summed E-state index contributed by atoms with van der Waals surface area (Å²) < 4.78 is 6.21. The molecule has 0 fully saturated rings. The lowest BCUT2D eigenvalue weighted by Gasteiger charge is -2.26. The van der Waals surface area contributed by atoms with Gasteiger partial charge in [0, 0.05) is 11.1 Å². The standard InChI is InChI=1S/C18H22ClNO/c1-4-16(20)18(14-7-5-6-12(2)10-14)21-17-9-8-15(19)11-13(17)3/h5-11,16,18H,4,20H2,1-3H3. The molecule has 2 atom stereocenters. The van der Waals surface area contributed by atoms with Crippen molar-refractivity contribution in [2.45, 2.75) is 39.3 Å². The Morgan fingerprint density at radius 1 is 1.14 bits per heavy atom. The van der Waals surface area contributed by atoms with E-state index in [1.165, 1.54) is 5.56 Å². The van der Waals surface area contributed by atoms with Crippen LogP contribution in [0.5, 0.6) is 5.75 Å². The summed E-state index contributed by atoms with van der Waals surface area (Å²) in [5.74, 6) is 0.829. The van der Waals surface area contributed by atoms with E-state index in [-0.39, 0.29) is 12.1 Å². The molecule has 2 aromatic carbocycles. The van der Waals surface area contributed by atoms with Crippen molar-refractivity contribution in [3.8, 4) is 5.75 Å². The Bertz CT molecular complexity index is 612. The lowest BCUT2D eigenvalue weighted by Crippen LogP contribution is -2.31. The summed E-state index contributed by atoms with van der Waals surface area (Å²) in [5, 5.41) is 0.715. The molecule has 0 aromatic heterocycles. The fourth-order valence-corrected chi connectivity index (χ4v) is 2.57. The molecule has 0 aliphatic carbocycles. The van der Waals surface area contributed by atoms with Gasteiger partial charge in [-0.1, -0.05) is 48.4 Å². The van der Waals surface area contributed by atoms with E-state index in [2.05, 4.69) is 32.0 Å². The Labute approximate surface area is 131 Å². The van der Waals surface area contributed by atoms with E-state index < -0.39 is 0 Å². The van der Waals surface area contributed by atoms with E-state index in [0.29, 0.717) is 5.02 Å². The number of benzene rings is 2. The SMILES string of the molecule is CCC(N)C(Oc1ccc(Cl)cc1C)c1cccc(C)c1. The van der Waals surface area contributed by atoms with Gasteiger partial charge in [-0.15, -0.1) is 0 Å². The van der Waals surface area contributed by atoms with Crippen molar-refractivity contribution < 1.29 is 4.74 Å². The smallest absolute Gasteiger partial charge is 0.139 e. The van der Waals surface area contributed by atoms with E-state index in [0.717, 1.165) is 23.3 Å². The average molecular weight is 304 g/mol. The molecule has 0 bridgehead atoms. The molecule has 0 radical (unpaired) electrons. The predicted molar refractivity (Wildman–Crippen MR) is 89.0 cm³/mol. The van der Waals surface area contributed by atoms with Crippen LogP contribution in [-0.4, -0.2) is 6.04 Å². The van der Waals surface area contributed by atoms with Crippen molar-refractivity contribution in [3.63, 3.8) is 0 Å². The maximum absolute atomic E-state index is 6.28. The fraction of sp³-hybridized carbons (Fsp3) is 0.333. The van der Waals surface area contributed by atoms with Crippen LogP contribution in [-0.2, 0) is 0 Å². The van der Waals surface area contributed by atoms with Gasteiger partial charge in [-0.2, -0.15) is 0 Å². The molecule has 2 aromatic rings. The monoisotopic (exact) mass is 303 g/mol. The van der Waals surface area contributed by atoms with Gasteiger partial charge in [-0.25, -0.2) is 0 Å². The van der Waals surface area contributed by atoms with E-state index in [1.807, 2.05) is 31.2 Å². The highest BCUT2D eigenvalue weighted by Gasteiger charge is 2.21. The van der Waals surface area contributed by atoms with Crippen LogP contribution < -0.4 is 10.5 Å². The van der Waals surface area contributed by atoms with Crippen molar-refractivity contribution in [1.82, 2.24) is 0 Å². The summed E-state index contributed by atoms with van der Waals surface area (Å²) in [7, 11) is 0. The van der Waals surface area contributed by atoms with Gasteiger partial charge in [0.25, 0.3) is 0 Å². The third kappa shape index (κ3) is 3.99. The minimum atomic E-state index is -0.158. The summed E-state index contributed by atoms with van der Waals surface area (Å²) in [6.45, 7) is 6.14. The lowest BCUT2D eigenvalue weighted by molar-refractivity contribution is 0.170. The Morgan fingerprint density at radius 2 is 1.90 bits per heavy atom. The van der Waals surface area contributed by atoms with Gasteiger partial charge in [0.15, 0.2) is 0 Å². The highest BCUT2D eigenvalue weighted by Crippen LogP contribution is 2.29. The minimum absolute atomic E-state index is 0.0538. The Morgan fingerprint density at radius 3 is 2.52 bits per heavy atom. The van der Waals surface area contributed by atoms with Crippen LogP contribution in [0.4, 0.5) is 0 Å². The van der Waals surface area contributed by atoms with E-state index >= 15 is 0 Å². The molecule has 0 spiro atoms. The molecule has 2 unspecified atom stereocenters. The van der Waals surface area contributed by atoms with Gasteiger partial charge in [0.05, 0.1) is 0 Å². The second kappa shape index (κ2) is 6.97. The van der Waals surface area contributed by atoms with Crippen LogP contribution in [0, 0.1) is 13.8 Å². The summed E-state index contributed by atoms with van der Waals surface area (Å²) in [6.07, 6.45) is 0.695. The fourth-order valence-electron chi connectivity index (χ4n) is 2.35. The zero-order valence-electron chi connectivity index (χ0n) is 12.8. The van der Waals surface area contributed by atoms with Crippen LogP contribution in [0.2, 0.25) is 5.02 Å². The van der Waals surface area contributed by atoms with Crippen molar-refractivity contribution in [2.75, 3.05) is 0 Å². The highest BCUT2D eigenvalue weighted by molar-refractivity contribution is 6.30. The molecule has 112 valence electrons. The molecule has 0 amide bonds. The van der Waals surface area contributed by atoms with Gasteiger partial charge >= 0.3 is 0 Å². The van der Waals surface area contributed by atoms with Crippen LogP contribution >= 0.6 is 11.6 Å². The number of nitrogens with two attached hydrogens (primary N) is 1. The van der Waals surface area contributed by atoms with Gasteiger partial charge < -0.3 is 10.5 Å². The van der Waals surface area contributed by atoms with Crippen LogP contribution in [0.15, 0.2) is 42.5 Å². The van der Waals surface area contributed by atoms with Gasteiger partial charge in [-0.3, -0.25) is 0 Å². The predicted octanol–water partition coefficient (Wildman–Crippen LogP) is 4.81. The second-order valence-electron chi connectivity index (χ2n) is 5.43. The molecule has 0 heterocycles. The minimum Gasteiger partial charge on any atom is -0.484 e. The third-order valence-corrected chi connectivity index (χ3v) is 3.86. The quantitative estimate of drug-likeness (QED) is 0.860. The molecule has 2 N–H and O–H groups in total. The van der Waals surface area contributed by atoms with Gasteiger partial charge in [0.2, 0.25) is 0 Å². The first-order chi connectivity index (χ1) is 10.0. The number of ether oxygens (including phenoxy) is 1. The van der Waals surface area contributed by atoms with Crippen molar-refractivity contribution in [2.24, 2.45) is 5.73 Å². The first kappa shape index (κ1) is 15.9. The summed E-state index contributed by atoms with van der Waals surface area (Å²) >= 11 is 6.00. The topological polar surface area (TPSA) is 35.2 Å². The lowest BCUT2D eigenvalue weighted by atomic mass is 9.99. The summed E-state index contributed by atoms with van der Waals surface area (Å²) in [4.78, 5) is 0. The van der Waals surface area contributed by atoms with E-state index in [9.17, 15) is 0 Å². The molecule has 2 rings (SSSR count). The number of hydrogen-bond donors (Lipinski definition) is 1. The maximum atomic E-state index is 6.28. The van der Waals surface area contributed by atoms with Gasteiger partial charge in [0.1, 0.15) is 11.9 Å². The van der Waals surface area contributed by atoms with E-state index in [1.54, 1.807) is 0 Å². The first-order valence-electron chi connectivity index (χ1n) is 7.26. The Kier molecular flexibility index (Phi) is 5.27. The molecular weight excluding hydrogens is 282 g/mol. The zero-order chi connectivity index (χ0) is 15.4.